The Morgan fingerprint density at radius 1 is 0.972 bits per heavy atom. The zero-order chi connectivity index (χ0) is 25.8. The van der Waals surface area contributed by atoms with E-state index in [0.717, 1.165) is 40.6 Å². The molecule has 4 aromatic rings. The SMILES string of the molecule is O=C(O)[C@H]1CS(=O)(=O)c2c(-c3cccc(C(F)(F)F)c3)c(Cc3cccc4ccccc34)cc(=O)n21. The Labute approximate surface area is 203 Å². The van der Waals surface area contributed by atoms with Crippen LogP contribution in [0, 0.1) is 0 Å². The molecule has 6 nitrogen and oxygen atoms in total. The van der Waals surface area contributed by atoms with Gasteiger partial charge in [-0.1, -0.05) is 54.6 Å². The monoisotopic (exact) mass is 513 g/mol. The van der Waals surface area contributed by atoms with Gasteiger partial charge in [-0.05, 0) is 46.0 Å². The van der Waals surface area contributed by atoms with Gasteiger partial charge in [0.2, 0.25) is 0 Å². The normalized spacial score (nSPS) is 16.7. The van der Waals surface area contributed by atoms with Crippen LogP contribution in [0.2, 0.25) is 0 Å². The maximum absolute atomic E-state index is 13.5. The van der Waals surface area contributed by atoms with Crippen molar-refractivity contribution < 1.29 is 31.5 Å². The largest absolute Gasteiger partial charge is 0.480 e. The first-order valence-corrected chi connectivity index (χ1v) is 12.5. The van der Waals surface area contributed by atoms with Crippen LogP contribution in [0.4, 0.5) is 13.2 Å². The van der Waals surface area contributed by atoms with Crippen molar-refractivity contribution in [1.29, 1.82) is 0 Å². The van der Waals surface area contributed by atoms with Gasteiger partial charge in [-0.15, -0.1) is 0 Å². The number of carbonyl (C=O) groups is 1. The van der Waals surface area contributed by atoms with E-state index in [1.165, 1.54) is 6.07 Å². The number of aromatic nitrogens is 1. The van der Waals surface area contributed by atoms with Crippen LogP contribution in [0.3, 0.4) is 0 Å². The third-order valence-corrected chi connectivity index (χ3v) is 8.04. The Morgan fingerprint density at radius 2 is 1.67 bits per heavy atom. The maximum atomic E-state index is 13.5. The van der Waals surface area contributed by atoms with E-state index in [-0.39, 0.29) is 23.1 Å². The summed E-state index contributed by atoms with van der Waals surface area (Å²) in [5.74, 6) is -2.38. The molecule has 1 atom stereocenters. The number of carboxylic acids is 1. The fourth-order valence-corrected chi connectivity index (χ4v) is 6.69. The highest BCUT2D eigenvalue weighted by atomic mass is 32.2. The number of aliphatic carboxylic acids is 1. The molecule has 5 rings (SSSR count). The second-order valence-corrected chi connectivity index (χ2v) is 10.5. The Morgan fingerprint density at radius 3 is 2.39 bits per heavy atom. The average Bonchev–Trinajstić information content (AvgIpc) is 3.11. The van der Waals surface area contributed by atoms with E-state index in [9.17, 15) is 36.3 Å². The van der Waals surface area contributed by atoms with Crippen molar-refractivity contribution in [2.75, 3.05) is 5.75 Å². The Hall–Kier alpha value is -3.92. The van der Waals surface area contributed by atoms with Gasteiger partial charge in [0, 0.05) is 11.6 Å². The number of carboxylic acid groups (broad SMARTS) is 1. The zero-order valence-corrected chi connectivity index (χ0v) is 19.3. The number of benzene rings is 3. The van der Waals surface area contributed by atoms with Crippen LogP contribution >= 0.6 is 0 Å². The van der Waals surface area contributed by atoms with Gasteiger partial charge in [0.05, 0.1) is 11.3 Å². The molecular formula is C26H18F3NO5S. The van der Waals surface area contributed by atoms with Gasteiger partial charge in [-0.3, -0.25) is 9.36 Å². The molecule has 1 aliphatic heterocycles. The molecule has 0 bridgehead atoms. The minimum absolute atomic E-state index is 0.0449. The lowest BCUT2D eigenvalue weighted by Crippen LogP contribution is -2.29. The number of hydrogen-bond acceptors (Lipinski definition) is 4. The molecule has 0 aliphatic carbocycles. The third-order valence-electron chi connectivity index (χ3n) is 6.30. The van der Waals surface area contributed by atoms with Crippen molar-refractivity contribution in [3.05, 3.63) is 99.8 Å². The first-order chi connectivity index (χ1) is 17.0. The lowest BCUT2D eigenvalue weighted by Gasteiger charge is -2.18. The van der Waals surface area contributed by atoms with Gasteiger partial charge < -0.3 is 5.11 Å². The number of halogens is 3. The Bertz CT molecular complexity index is 1700. The fraction of sp³-hybridized carbons (Fsp3) is 0.154. The number of rotatable bonds is 4. The van der Waals surface area contributed by atoms with Crippen molar-refractivity contribution in [2.45, 2.75) is 23.7 Å². The molecule has 0 saturated heterocycles. The number of hydrogen-bond donors (Lipinski definition) is 1. The van der Waals surface area contributed by atoms with E-state index in [2.05, 4.69) is 0 Å². The number of fused-ring (bicyclic) bond motifs is 2. The summed E-state index contributed by atoms with van der Waals surface area (Å²) < 4.78 is 67.5. The van der Waals surface area contributed by atoms with Gasteiger partial charge in [0.25, 0.3) is 5.56 Å². The summed E-state index contributed by atoms with van der Waals surface area (Å²) in [6.45, 7) is 0. The predicted molar refractivity (Wildman–Crippen MR) is 127 cm³/mol. The van der Waals surface area contributed by atoms with E-state index in [0.29, 0.717) is 4.57 Å². The van der Waals surface area contributed by atoms with Crippen molar-refractivity contribution in [3.8, 4) is 11.1 Å². The van der Waals surface area contributed by atoms with Crippen molar-refractivity contribution in [2.24, 2.45) is 0 Å². The minimum atomic E-state index is -4.69. The summed E-state index contributed by atoms with van der Waals surface area (Å²) in [6, 6.07) is 16.5. The molecule has 0 unspecified atom stereocenters. The quantitative estimate of drug-likeness (QED) is 0.427. The van der Waals surface area contributed by atoms with E-state index in [1.54, 1.807) is 12.1 Å². The van der Waals surface area contributed by atoms with Crippen molar-refractivity contribution >= 4 is 26.6 Å². The topological polar surface area (TPSA) is 93.4 Å². The molecule has 10 heteroatoms. The van der Waals surface area contributed by atoms with E-state index in [1.807, 2.05) is 30.3 Å². The Kier molecular flexibility index (Phi) is 5.51. The van der Waals surface area contributed by atoms with Crippen LogP contribution in [0.1, 0.15) is 22.7 Å². The predicted octanol–water partition coefficient (Wildman–Crippen LogP) is 4.69. The maximum Gasteiger partial charge on any atom is 0.416 e. The summed E-state index contributed by atoms with van der Waals surface area (Å²) in [7, 11) is -4.31. The first kappa shape index (κ1) is 23.8. The van der Waals surface area contributed by atoms with Crippen LogP contribution in [0.5, 0.6) is 0 Å². The lowest BCUT2D eigenvalue weighted by atomic mass is 9.93. The van der Waals surface area contributed by atoms with Crippen LogP contribution in [-0.4, -0.2) is 29.8 Å². The molecule has 36 heavy (non-hydrogen) atoms. The molecular weight excluding hydrogens is 495 g/mol. The molecule has 1 N–H and O–H groups in total. The van der Waals surface area contributed by atoms with E-state index < -0.39 is 49.9 Å². The van der Waals surface area contributed by atoms with Gasteiger partial charge in [0.15, 0.2) is 9.84 Å². The lowest BCUT2D eigenvalue weighted by molar-refractivity contribution is -0.140. The molecule has 0 saturated carbocycles. The van der Waals surface area contributed by atoms with Gasteiger partial charge >= 0.3 is 12.1 Å². The highest BCUT2D eigenvalue weighted by molar-refractivity contribution is 7.91. The first-order valence-electron chi connectivity index (χ1n) is 10.9. The molecule has 1 aliphatic rings. The Balaban J connectivity index is 1.84. The van der Waals surface area contributed by atoms with Crippen LogP contribution in [0.25, 0.3) is 21.9 Å². The standard InChI is InChI=1S/C26H18F3NO5S/c27-26(28,29)19-9-4-8-17(12-19)23-18(11-16-7-3-6-15-5-1-2-10-20(15)16)13-22(31)30-21(25(32)33)14-36(34,35)24(23)30/h1-10,12-13,21H,11,14H2,(H,32,33)/t21-/m1/s1. The van der Waals surface area contributed by atoms with E-state index >= 15 is 0 Å². The summed E-state index contributed by atoms with van der Waals surface area (Å²) in [5, 5.41) is 10.7. The molecule has 0 spiro atoms. The van der Waals surface area contributed by atoms with Crippen LogP contribution in [-0.2, 0) is 27.2 Å². The van der Waals surface area contributed by atoms with Crippen LogP contribution < -0.4 is 5.56 Å². The number of alkyl halides is 3. The molecule has 1 aromatic heterocycles. The summed E-state index contributed by atoms with van der Waals surface area (Å²) >= 11 is 0. The van der Waals surface area contributed by atoms with Gasteiger partial charge in [0.1, 0.15) is 11.1 Å². The molecule has 3 aromatic carbocycles. The zero-order valence-electron chi connectivity index (χ0n) is 18.5. The van der Waals surface area contributed by atoms with Crippen molar-refractivity contribution in [1.82, 2.24) is 4.57 Å². The second-order valence-electron chi connectivity index (χ2n) is 8.59. The number of sulfone groups is 1. The summed E-state index contributed by atoms with van der Waals surface area (Å²) in [5.41, 5.74) is -1.08. The molecule has 0 fully saturated rings. The van der Waals surface area contributed by atoms with E-state index in [4.69, 9.17) is 0 Å². The third kappa shape index (κ3) is 3.97. The second kappa shape index (κ2) is 8.34. The molecule has 184 valence electrons. The summed E-state index contributed by atoms with van der Waals surface area (Å²) in [4.78, 5) is 24.8. The van der Waals surface area contributed by atoms with Crippen molar-refractivity contribution in [3.63, 3.8) is 0 Å². The van der Waals surface area contributed by atoms with Crippen LogP contribution in [0.15, 0.2) is 82.6 Å². The molecule has 0 amide bonds. The van der Waals surface area contributed by atoms with Gasteiger partial charge in [-0.2, -0.15) is 13.2 Å². The smallest absolute Gasteiger partial charge is 0.416 e. The number of pyridine rings is 1. The highest BCUT2D eigenvalue weighted by Crippen LogP contribution is 2.40. The highest BCUT2D eigenvalue weighted by Gasteiger charge is 2.43. The minimum Gasteiger partial charge on any atom is -0.480 e. The molecule has 0 radical (unpaired) electrons. The molecule has 2 heterocycles. The summed E-state index contributed by atoms with van der Waals surface area (Å²) in [6.07, 6.45) is -4.65. The number of nitrogens with zero attached hydrogens (tertiary/aromatic N) is 1. The average molecular weight is 513 g/mol. The fourth-order valence-electron chi connectivity index (χ4n) is 4.74. The van der Waals surface area contributed by atoms with Gasteiger partial charge in [-0.25, -0.2) is 13.2 Å².